The van der Waals surface area contributed by atoms with Crippen LogP contribution in [-0.4, -0.2) is 31.9 Å². The van der Waals surface area contributed by atoms with Gasteiger partial charge in [0.25, 0.3) is 0 Å². The molecule has 0 saturated heterocycles. The molecule has 0 amide bonds. The smallest absolute Gasteiger partial charge is 0.128 e. The van der Waals surface area contributed by atoms with Crippen molar-refractivity contribution >= 4 is 0 Å². The van der Waals surface area contributed by atoms with Gasteiger partial charge in [-0.1, -0.05) is 24.6 Å². The van der Waals surface area contributed by atoms with Crippen molar-refractivity contribution in [2.45, 2.75) is 45.4 Å². The zero-order chi connectivity index (χ0) is 13.1. The van der Waals surface area contributed by atoms with Gasteiger partial charge in [-0.25, -0.2) is 0 Å². The van der Waals surface area contributed by atoms with Crippen molar-refractivity contribution in [3.8, 4) is 5.75 Å². The molecule has 1 aliphatic rings. The van der Waals surface area contributed by atoms with E-state index < -0.39 is 0 Å². The highest BCUT2D eigenvalue weighted by Gasteiger charge is 2.42. The first kappa shape index (κ1) is 13.4. The SMILES string of the molecule is CCNC1CC(Oc2ccc(C)cc2C)C1OC. The van der Waals surface area contributed by atoms with E-state index in [1.54, 1.807) is 7.11 Å². The summed E-state index contributed by atoms with van der Waals surface area (Å²) in [6, 6.07) is 6.72. The third-order valence-corrected chi connectivity index (χ3v) is 3.60. The second kappa shape index (κ2) is 5.72. The van der Waals surface area contributed by atoms with E-state index in [1.807, 2.05) is 0 Å². The van der Waals surface area contributed by atoms with Gasteiger partial charge in [-0.15, -0.1) is 0 Å². The van der Waals surface area contributed by atoms with Crippen LogP contribution in [-0.2, 0) is 4.74 Å². The minimum atomic E-state index is 0.158. The third-order valence-electron chi connectivity index (χ3n) is 3.60. The molecule has 0 bridgehead atoms. The van der Waals surface area contributed by atoms with Crippen LogP contribution in [0.4, 0.5) is 0 Å². The molecular formula is C15H23NO2. The van der Waals surface area contributed by atoms with Crippen molar-refractivity contribution in [3.05, 3.63) is 29.3 Å². The van der Waals surface area contributed by atoms with E-state index in [-0.39, 0.29) is 12.2 Å². The Morgan fingerprint density at radius 2 is 2.11 bits per heavy atom. The maximum absolute atomic E-state index is 6.05. The fraction of sp³-hybridized carbons (Fsp3) is 0.600. The molecule has 0 heterocycles. The highest BCUT2D eigenvalue weighted by molar-refractivity contribution is 5.36. The summed E-state index contributed by atoms with van der Waals surface area (Å²) in [4.78, 5) is 0. The molecule has 3 nitrogen and oxygen atoms in total. The Balaban J connectivity index is 1.98. The predicted molar refractivity (Wildman–Crippen MR) is 73.2 cm³/mol. The number of rotatable bonds is 5. The molecule has 18 heavy (non-hydrogen) atoms. The Bertz CT molecular complexity index is 405. The molecule has 1 aromatic rings. The van der Waals surface area contributed by atoms with Gasteiger partial charge in [0.15, 0.2) is 0 Å². The van der Waals surface area contributed by atoms with Crippen LogP contribution in [0.1, 0.15) is 24.5 Å². The van der Waals surface area contributed by atoms with Crippen molar-refractivity contribution in [2.24, 2.45) is 0 Å². The monoisotopic (exact) mass is 249 g/mol. The molecule has 1 fully saturated rings. The molecule has 1 aliphatic carbocycles. The maximum atomic E-state index is 6.05. The van der Waals surface area contributed by atoms with Gasteiger partial charge in [0.05, 0.1) is 0 Å². The van der Waals surface area contributed by atoms with Gasteiger partial charge >= 0.3 is 0 Å². The minimum absolute atomic E-state index is 0.158. The average molecular weight is 249 g/mol. The number of methoxy groups -OCH3 is 1. The molecule has 2 rings (SSSR count). The molecule has 0 spiro atoms. The van der Waals surface area contributed by atoms with Crippen LogP contribution in [0.3, 0.4) is 0 Å². The minimum Gasteiger partial charge on any atom is -0.487 e. The number of nitrogens with one attached hydrogen (secondary N) is 1. The second-order valence-electron chi connectivity index (χ2n) is 5.03. The summed E-state index contributed by atoms with van der Waals surface area (Å²) in [5, 5.41) is 3.42. The van der Waals surface area contributed by atoms with Gasteiger partial charge in [-0.3, -0.25) is 0 Å². The summed E-state index contributed by atoms with van der Waals surface area (Å²) >= 11 is 0. The van der Waals surface area contributed by atoms with Gasteiger partial charge in [-0.05, 0) is 32.0 Å². The Labute approximate surface area is 109 Å². The Morgan fingerprint density at radius 3 is 2.72 bits per heavy atom. The normalized spacial score (nSPS) is 26.8. The Kier molecular flexibility index (Phi) is 4.25. The number of likely N-dealkylation sites (N-methyl/N-ethyl adjacent to an activating group) is 1. The first-order valence-electron chi connectivity index (χ1n) is 6.65. The number of hydrogen-bond acceptors (Lipinski definition) is 3. The van der Waals surface area contributed by atoms with Gasteiger partial charge in [-0.2, -0.15) is 0 Å². The van der Waals surface area contributed by atoms with E-state index in [0.29, 0.717) is 6.04 Å². The van der Waals surface area contributed by atoms with Gasteiger partial charge in [0.1, 0.15) is 18.0 Å². The molecular weight excluding hydrogens is 226 g/mol. The summed E-state index contributed by atoms with van der Waals surface area (Å²) in [5.41, 5.74) is 2.46. The fourth-order valence-electron chi connectivity index (χ4n) is 2.57. The topological polar surface area (TPSA) is 30.5 Å². The Morgan fingerprint density at radius 1 is 1.33 bits per heavy atom. The molecule has 1 aromatic carbocycles. The molecule has 3 atom stereocenters. The van der Waals surface area contributed by atoms with Crippen LogP contribution in [0.2, 0.25) is 0 Å². The lowest BCUT2D eigenvalue weighted by Crippen LogP contribution is -2.60. The van der Waals surface area contributed by atoms with Gasteiger partial charge < -0.3 is 14.8 Å². The molecule has 1 saturated carbocycles. The van der Waals surface area contributed by atoms with E-state index in [1.165, 1.54) is 11.1 Å². The lowest BCUT2D eigenvalue weighted by molar-refractivity contribution is -0.0885. The number of ether oxygens (including phenoxy) is 2. The standard InChI is InChI=1S/C15H23NO2/c1-5-16-12-9-14(15(12)17-4)18-13-7-6-10(2)8-11(13)3/h6-8,12,14-16H,5,9H2,1-4H3. The van der Waals surface area contributed by atoms with Crippen LogP contribution in [0.15, 0.2) is 18.2 Å². The summed E-state index contributed by atoms with van der Waals surface area (Å²) in [7, 11) is 1.76. The van der Waals surface area contributed by atoms with Crippen molar-refractivity contribution < 1.29 is 9.47 Å². The number of benzene rings is 1. The summed E-state index contributed by atoms with van der Waals surface area (Å²) in [6.45, 7) is 7.27. The first-order chi connectivity index (χ1) is 8.65. The molecule has 0 radical (unpaired) electrons. The van der Waals surface area contributed by atoms with E-state index in [4.69, 9.17) is 9.47 Å². The Hall–Kier alpha value is -1.06. The van der Waals surface area contributed by atoms with E-state index in [0.717, 1.165) is 18.7 Å². The summed E-state index contributed by atoms with van der Waals surface area (Å²) in [6.07, 6.45) is 1.34. The highest BCUT2D eigenvalue weighted by atomic mass is 16.5. The van der Waals surface area contributed by atoms with Crippen molar-refractivity contribution in [1.82, 2.24) is 5.32 Å². The zero-order valence-electron chi connectivity index (χ0n) is 11.7. The molecule has 3 heteroatoms. The molecule has 3 unspecified atom stereocenters. The lowest BCUT2D eigenvalue weighted by atomic mass is 9.85. The van der Waals surface area contributed by atoms with Crippen LogP contribution in [0.5, 0.6) is 5.75 Å². The van der Waals surface area contributed by atoms with Gasteiger partial charge in [0.2, 0.25) is 0 Å². The van der Waals surface area contributed by atoms with Crippen molar-refractivity contribution in [1.29, 1.82) is 0 Å². The maximum Gasteiger partial charge on any atom is 0.128 e. The van der Waals surface area contributed by atoms with E-state index in [2.05, 4.69) is 44.3 Å². The van der Waals surface area contributed by atoms with E-state index in [9.17, 15) is 0 Å². The molecule has 0 aliphatic heterocycles. The highest BCUT2D eigenvalue weighted by Crippen LogP contribution is 2.30. The number of hydrogen-bond donors (Lipinski definition) is 1. The van der Waals surface area contributed by atoms with Crippen molar-refractivity contribution in [2.75, 3.05) is 13.7 Å². The average Bonchev–Trinajstić information content (AvgIpc) is 2.31. The first-order valence-corrected chi connectivity index (χ1v) is 6.65. The lowest BCUT2D eigenvalue weighted by Gasteiger charge is -2.43. The summed E-state index contributed by atoms with van der Waals surface area (Å²) < 4.78 is 11.6. The second-order valence-corrected chi connectivity index (χ2v) is 5.03. The zero-order valence-corrected chi connectivity index (χ0v) is 11.7. The van der Waals surface area contributed by atoms with Crippen LogP contribution in [0.25, 0.3) is 0 Å². The third kappa shape index (κ3) is 2.68. The van der Waals surface area contributed by atoms with E-state index >= 15 is 0 Å². The largest absolute Gasteiger partial charge is 0.487 e. The predicted octanol–water partition coefficient (Wildman–Crippen LogP) is 2.45. The molecule has 100 valence electrons. The molecule has 1 N–H and O–H groups in total. The number of aryl methyl sites for hydroxylation is 2. The van der Waals surface area contributed by atoms with Crippen molar-refractivity contribution in [3.63, 3.8) is 0 Å². The van der Waals surface area contributed by atoms with Gasteiger partial charge in [0, 0.05) is 19.6 Å². The van der Waals surface area contributed by atoms with Crippen LogP contribution < -0.4 is 10.1 Å². The fourth-order valence-corrected chi connectivity index (χ4v) is 2.57. The molecule has 0 aromatic heterocycles. The van der Waals surface area contributed by atoms with Crippen LogP contribution in [0, 0.1) is 13.8 Å². The van der Waals surface area contributed by atoms with Crippen LogP contribution >= 0.6 is 0 Å². The quantitative estimate of drug-likeness (QED) is 0.869. The summed E-state index contributed by atoms with van der Waals surface area (Å²) in [5.74, 6) is 0.975.